The maximum atomic E-state index is 12.3. The fourth-order valence-electron chi connectivity index (χ4n) is 1.05. The van der Waals surface area contributed by atoms with Crippen LogP contribution in [0.1, 0.15) is 16.7 Å². The van der Waals surface area contributed by atoms with Crippen LogP contribution in [0.15, 0.2) is 12.1 Å². The zero-order chi connectivity index (χ0) is 11.6. The first kappa shape index (κ1) is 10.9. The molecule has 2 N–H and O–H groups in total. The molecular weight excluding hydrogens is 207 g/mol. The van der Waals surface area contributed by atoms with Crippen molar-refractivity contribution in [2.75, 3.05) is 5.73 Å². The van der Waals surface area contributed by atoms with Gasteiger partial charge in [-0.3, -0.25) is 0 Å². The van der Waals surface area contributed by atoms with E-state index in [1.54, 1.807) is 6.07 Å². The van der Waals surface area contributed by atoms with Gasteiger partial charge in [-0.2, -0.15) is 23.7 Å². The lowest BCUT2D eigenvalue weighted by molar-refractivity contribution is -0.136. The quantitative estimate of drug-likeness (QED) is 0.667. The van der Waals surface area contributed by atoms with Gasteiger partial charge < -0.3 is 5.73 Å². The number of hydrogen-bond donors (Lipinski definition) is 1. The van der Waals surface area contributed by atoms with Crippen molar-refractivity contribution in [1.82, 2.24) is 0 Å². The summed E-state index contributed by atoms with van der Waals surface area (Å²) in [4.78, 5) is 0. The molecule has 1 rings (SSSR count). The first-order valence-corrected chi connectivity index (χ1v) is 3.71. The number of alkyl halides is 3. The monoisotopic (exact) mass is 211 g/mol. The molecule has 0 aliphatic rings. The van der Waals surface area contributed by atoms with E-state index < -0.39 is 17.4 Å². The van der Waals surface area contributed by atoms with E-state index in [1.165, 1.54) is 6.07 Å². The predicted molar refractivity (Wildman–Crippen MR) is 45.3 cm³/mol. The molecule has 0 bridgehead atoms. The molecule has 0 radical (unpaired) electrons. The fraction of sp³-hybridized carbons (Fsp3) is 0.111. The molecule has 0 aliphatic heterocycles. The number of rotatable bonds is 0. The minimum atomic E-state index is -4.62. The molecule has 0 unspecified atom stereocenters. The van der Waals surface area contributed by atoms with Crippen molar-refractivity contribution in [3.8, 4) is 12.1 Å². The highest BCUT2D eigenvalue weighted by molar-refractivity contribution is 5.59. The Labute approximate surface area is 83.1 Å². The minimum absolute atomic E-state index is 0.164. The van der Waals surface area contributed by atoms with Crippen molar-refractivity contribution in [1.29, 1.82) is 10.5 Å². The Bertz CT molecular complexity index is 477. The van der Waals surface area contributed by atoms with E-state index >= 15 is 0 Å². The average Bonchev–Trinajstić information content (AvgIpc) is 2.15. The van der Waals surface area contributed by atoms with Crippen molar-refractivity contribution in [2.45, 2.75) is 6.18 Å². The summed E-state index contributed by atoms with van der Waals surface area (Å²) >= 11 is 0. The van der Waals surface area contributed by atoms with Crippen LogP contribution in [0.2, 0.25) is 0 Å². The van der Waals surface area contributed by atoms with Gasteiger partial charge in [0.25, 0.3) is 0 Å². The topological polar surface area (TPSA) is 73.6 Å². The van der Waals surface area contributed by atoms with Gasteiger partial charge in [-0.15, -0.1) is 0 Å². The molecule has 0 spiro atoms. The molecule has 1 aromatic carbocycles. The molecular formula is C9H4F3N3. The molecule has 15 heavy (non-hydrogen) atoms. The maximum absolute atomic E-state index is 12.3. The molecule has 0 amide bonds. The Morgan fingerprint density at radius 2 is 1.53 bits per heavy atom. The van der Waals surface area contributed by atoms with Gasteiger partial charge in [-0.05, 0) is 12.1 Å². The molecule has 0 saturated heterocycles. The van der Waals surface area contributed by atoms with E-state index in [9.17, 15) is 13.2 Å². The van der Waals surface area contributed by atoms with Crippen LogP contribution in [-0.2, 0) is 6.18 Å². The summed E-state index contributed by atoms with van der Waals surface area (Å²) < 4.78 is 37.0. The lowest BCUT2D eigenvalue weighted by Gasteiger charge is -2.10. The first-order chi connectivity index (χ1) is 6.90. The van der Waals surface area contributed by atoms with E-state index in [-0.39, 0.29) is 11.1 Å². The Morgan fingerprint density at radius 3 is 1.93 bits per heavy atom. The second-order valence-corrected chi connectivity index (χ2v) is 2.71. The van der Waals surface area contributed by atoms with Gasteiger partial charge in [0.2, 0.25) is 0 Å². The lowest BCUT2D eigenvalue weighted by atomic mass is 10.0. The molecule has 0 aromatic heterocycles. The number of nitriles is 2. The van der Waals surface area contributed by atoms with Gasteiger partial charge in [0.1, 0.15) is 12.1 Å². The van der Waals surface area contributed by atoms with Gasteiger partial charge >= 0.3 is 6.18 Å². The fourth-order valence-corrected chi connectivity index (χ4v) is 1.05. The highest BCUT2D eigenvalue weighted by atomic mass is 19.4. The smallest absolute Gasteiger partial charge is 0.398 e. The van der Waals surface area contributed by atoms with Crippen molar-refractivity contribution < 1.29 is 13.2 Å². The van der Waals surface area contributed by atoms with E-state index in [1.807, 2.05) is 0 Å². The van der Waals surface area contributed by atoms with Crippen LogP contribution in [0.25, 0.3) is 0 Å². The van der Waals surface area contributed by atoms with Crippen LogP contribution in [-0.4, -0.2) is 0 Å². The van der Waals surface area contributed by atoms with Gasteiger partial charge in [0.05, 0.1) is 16.7 Å². The Morgan fingerprint density at radius 1 is 1.07 bits per heavy atom. The number of nitrogens with two attached hydrogens (primary N) is 1. The SMILES string of the molecule is N#Cc1cc(N)c(C(F)(F)F)cc1C#N. The van der Waals surface area contributed by atoms with Gasteiger partial charge in [-0.1, -0.05) is 0 Å². The van der Waals surface area contributed by atoms with Crippen LogP contribution in [0, 0.1) is 22.7 Å². The number of benzene rings is 1. The Hall–Kier alpha value is -2.21. The molecule has 0 aliphatic carbocycles. The van der Waals surface area contributed by atoms with Crippen molar-refractivity contribution >= 4 is 5.69 Å². The normalized spacial score (nSPS) is 10.5. The van der Waals surface area contributed by atoms with E-state index in [0.29, 0.717) is 6.07 Å². The van der Waals surface area contributed by atoms with Crippen LogP contribution in [0.3, 0.4) is 0 Å². The standard InChI is InChI=1S/C9H4F3N3/c10-9(11,12)7-1-5(3-13)6(4-14)2-8(7)15/h1-2H,15H2. The zero-order valence-electron chi connectivity index (χ0n) is 7.26. The van der Waals surface area contributed by atoms with Crippen LogP contribution < -0.4 is 5.73 Å². The summed E-state index contributed by atoms with van der Waals surface area (Å²) in [7, 11) is 0. The van der Waals surface area contributed by atoms with Crippen molar-refractivity contribution in [3.63, 3.8) is 0 Å². The number of nitrogens with zero attached hydrogens (tertiary/aromatic N) is 2. The largest absolute Gasteiger partial charge is 0.418 e. The highest BCUT2D eigenvalue weighted by Crippen LogP contribution is 2.34. The number of halogens is 3. The third-order valence-electron chi connectivity index (χ3n) is 1.74. The minimum Gasteiger partial charge on any atom is -0.398 e. The summed E-state index contributed by atoms with van der Waals surface area (Å²) in [5.74, 6) is 0. The van der Waals surface area contributed by atoms with Gasteiger partial charge in [0.15, 0.2) is 0 Å². The summed E-state index contributed by atoms with van der Waals surface area (Å²) in [5.41, 5.74) is 2.97. The van der Waals surface area contributed by atoms with E-state index in [4.69, 9.17) is 16.3 Å². The Balaban J connectivity index is 3.50. The average molecular weight is 211 g/mol. The Kier molecular flexibility index (Phi) is 2.54. The molecule has 0 atom stereocenters. The summed E-state index contributed by atoms with van der Waals surface area (Å²) in [6.07, 6.45) is -4.62. The summed E-state index contributed by atoms with van der Waals surface area (Å²) in [5, 5.41) is 17.1. The summed E-state index contributed by atoms with van der Waals surface area (Å²) in [6.45, 7) is 0. The lowest BCUT2D eigenvalue weighted by Crippen LogP contribution is -2.10. The van der Waals surface area contributed by atoms with E-state index in [2.05, 4.69) is 0 Å². The molecule has 0 heterocycles. The molecule has 3 nitrogen and oxygen atoms in total. The van der Waals surface area contributed by atoms with Gasteiger partial charge in [0, 0.05) is 5.69 Å². The third-order valence-corrected chi connectivity index (χ3v) is 1.74. The van der Waals surface area contributed by atoms with E-state index in [0.717, 1.165) is 6.07 Å². The van der Waals surface area contributed by atoms with Crippen LogP contribution in [0.5, 0.6) is 0 Å². The van der Waals surface area contributed by atoms with Crippen molar-refractivity contribution in [3.05, 3.63) is 28.8 Å². The predicted octanol–water partition coefficient (Wildman–Crippen LogP) is 2.03. The van der Waals surface area contributed by atoms with Gasteiger partial charge in [-0.25, -0.2) is 0 Å². The molecule has 1 aromatic rings. The van der Waals surface area contributed by atoms with Crippen LogP contribution in [0.4, 0.5) is 18.9 Å². The number of hydrogen-bond acceptors (Lipinski definition) is 3. The third kappa shape index (κ3) is 2.00. The second kappa shape index (κ2) is 3.50. The second-order valence-electron chi connectivity index (χ2n) is 2.71. The number of nitrogen functional groups attached to an aromatic ring is 1. The number of anilines is 1. The van der Waals surface area contributed by atoms with Crippen LogP contribution >= 0.6 is 0 Å². The molecule has 0 fully saturated rings. The molecule has 76 valence electrons. The molecule has 6 heteroatoms. The summed E-state index contributed by atoms with van der Waals surface area (Å²) in [6, 6.07) is 4.53. The maximum Gasteiger partial charge on any atom is 0.418 e. The molecule has 0 saturated carbocycles. The zero-order valence-corrected chi connectivity index (χ0v) is 7.26. The highest BCUT2D eigenvalue weighted by Gasteiger charge is 2.33. The first-order valence-electron chi connectivity index (χ1n) is 3.71. The van der Waals surface area contributed by atoms with Crippen molar-refractivity contribution in [2.24, 2.45) is 0 Å².